The minimum Gasteiger partial charge on any atom is -0.432 e. The molecule has 2 N–H and O–H groups in total. The highest BCUT2D eigenvalue weighted by molar-refractivity contribution is 7.97. The molecule has 0 atom stereocenters. The third-order valence-electron chi connectivity index (χ3n) is 5.08. The molecule has 0 amide bonds. The molecule has 0 fully saturated rings. The maximum atomic E-state index is 5.57. The van der Waals surface area contributed by atoms with Gasteiger partial charge < -0.3 is 9.73 Å². The molecule has 7 nitrogen and oxygen atoms in total. The summed E-state index contributed by atoms with van der Waals surface area (Å²) in [6.45, 7) is 1.54. The van der Waals surface area contributed by atoms with Crippen molar-refractivity contribution in [1.82, 2.24) is 19.4 Å². The van der Waals surface area contributed by atoms with E-state index >= 15 is 0 Å². The normalized spacial score (nSPS) is 14.9. The van der Waals surface area contributed by atoms with Gasteiger partial charge in [0.25, 0.3) is 0 Å². The van der Waals surface area contributed by atoms with Crippen molar-refractivity contribution in [1.29, 1.82) is 0 Å². The third-order valence-corrected chi connectivity index (χ3v) is 5.94. The first-order valence-electron chi connectivity index (χ1n) is 10.9. The second kappa shape index (κ2) is 10.3. The Bertz CT molecular complexity index is 1290. The lowest BCUT2D eigenvalue weighted by atomic mass is 10.1. The van der Waals surface area contributed by atoms with Gasteiger partial charge in [-0.05, 0) is 30.5 Å². The summed E-state index contributed by atoms with van der Waals surface area (Å²) in [5, 5.41) is 3.41. The van der Waals surface area contributed by atoms with Crippen LogP contribution in [-0.2, 0) is 0 Å². The number of imidazole rings is 1. The smallest absolute Gasteiger partial charge is 0.306 e. The first-order chi connectivity index (χ1) is 16.4. The summed E-state index contributed by atoms with van der Waals surface area (Å²) in [7, 11) is 0. The molecular formula is C25H24N6OS. The van der Waals surface area contributed by atoms with E-state index in [1.807, 2.05) is 53.2 Å². The molecule has 8 heteroatoms. The van der Waals surface area contributed by atoms with Crippen LogP contribution in [0.15, 0.2) is 98.5 Å². The quantitative estimate of drug-likeness (QED) is 0.287. The number of oxazole rings is 1. The van der Waals surface area contributed by atoms with Crippen LogP contribution in [0.1, 0.15) is 18.5 Å². The van der Waals surface area contributed by atoms with Crippen molar-refractivity contribution in [2.45, 2.75) is 17.7 Å². The van der Waals surface area contributed by atoms with Gasteiger partial charge in [0.05, 0.1) is 11.4 Å². The van der Waals surface area contributed by atoms with Crippen LogP contribution in [-0.4, -0.2) is 34.6 Å². The highest BCUT2D eigenvalue weighted by atomic mass is 32.2. The van der Waals surface area contributed by atoms with Gasteiger partial charge in [-0.1, -0.05) is 54.6 Å². The number of hydrogen-bond acceptors (Lipinski definition) is 5. The van der Waals surface area contributed by atoms with Crippen LogP contribution in [0.25, 0.3) is 22.8 Å². The Hall–Kier alpha value is -3.62. The molecule has 4 aromatic rings. The molecule has 0 saturated carbocycles. The van der Waals surface area contributed by atoms with Crippen molar-refractivity contribution in [3.8, 4) is 11.3 Å². The molecule has 0 saturated heterocycles. The standard InChI is InChI=1S/C25H24N6OS/c1-3-9-19(10-4-1)22-23(31-17-18-32-25(31)30-22)21-13-7-14-26-24(29-21)27-15-8-16-28-33-20-11-5-2-6-12-20/h1-6,9-14,17-18,28H,7-8,15-16H2,(H,27,29). The van der Waals surface area contributed by atoms with Crippen molar-refractivity contribution in [2.75, 3.05) is 13.1 Å². The highest BCUT2D eigenvalue weighted by Crippen LogP contribution is 2.29. The Labute approximate surface area is 196 Å². The Kier molecular flexibility index (Phi) is 6.65. The van der Waals surface area contributed by atoms with Gasteiger partial charge in [0.15, 0.2) is 0 Å². The van der Waals surface area contributed by atoms with E-state index in [1.165, 1.54) is 4.90 Å². The summed E-state index contributed by atoms with van der Waals surface area (Å²) in [6.07, 6.45) is 9.11. The molecule has 166 valence electrons. The van der Waals surface area contributed by atoms with Crippen LogP contribution in [0.2, 0.25) is 0 Å². The zero-order valence-corrected chi connectivity index (χ0v) is 18.8. The first-order valence-corrected chi connectivity index (χ1v) is 11.7. The number of allylic oxidation sites excluding steroid dienone is 1. The largest absolute Gasteiger partial charge is 0.432 e. The van der Waals surface area contributed by atoms with E-state index in [9.17, 15) is 0 Å². The summed E-state index contributed by atoms with van der Waals surface area (Å²) >= 11 is 1.64. The van der Waals surface area contributed by atoms with E-state index in [0.717, 1.165) is 35.6 Å². The minimum absolute atomic E-state index is 0.553. The Morgan fingerprint density at radius 2 is 1.91 bits per heavy atom. The van der Waals surface area contributed by atoms with Crippen LogP contribution >= 0.6 is 11.9 Å². The van der Waals surface area contributed by atoms with E-state index in [4.69, 9.17) is 9.40 Å². The number of aliphatic imine (C=N–C) groups is 2. The molecule has 0 bridgehead atoms. The van der Waals surface area contributed by atoms with Crippen molar-refractivity contribution in [3.05, 3.63) is 84.9 Å². The number of guanidine groups is 1. The van der Waals surface area contributed by atoms with E-state index in [1.54, 1.807) is 18.2 Å². The summed E-state index contributed by atoms with van der Waals surface area (Å²) in [6, 6.07) is 20.4. The summed E-state index contributed by atoms with van der Waals surface area (Å²) in [5.74, 6) is 1.16. The van der Waals surface area contributed by atoms with Gasteiger partial charge in [0.1, 0.15) is 12.0 Å². The number of nitrogens with zero attached hydrogens (tertiary/aromatic N) is 4. The van der Waals surface area contributed by atoms with Crippen molar-refractivity contribution in [3.63, 3.8) is 0 Å². The summed E-state index contributed by atoms with van der Waals surface area (Å²) in [4.78, 5) is 15.1. The molecule has 2 aromatic carbocycles. The number of rotatable bonds is 8. The molecule has 1 aliphatic heterocycles. The second-order valence-electron chi connectivity index (χ2n) is 7.39. The third kappa shape index (κ3) is 5.08. The minimum atomic E-state index is 0.553. The lowest BCUT2D eigenvalue weighted by Crippen LogP contribution is -2.21. The van der Waals surface area contributed by atoms with Crippen LogP contribution in [0, 0.1) is 0 Å². The molecule has 33 heavy (non-hydrogen) atoms. The molecule has 0 radical (unpaired) electrons. The molecule has 5 rings (SSSR count). The van der Waals surface area contributed by atoms with Crippen LogP contribution in [0.3, 0.4) is 0 Å². The monoisotopic (exact) mass is 456 g/mol. The first kappa shape index (κ1) is 21.2. The van der Waals surface area contributed by atoms with Gasteiger partial charge in [0, 0.05) is 42.4 Å². The van der Waals surface area contributed by atoms with Crippen molar-refractivity contribution >= 4 is 35.7 Å². The van der Waals surface area contributed by atoms with Gasteiger partial charge in [0.2, 0.25) is 5.96 Å². The maximum Gasteiger partial charge on any atom is 0.306 e. The molecule has 2 aromatic heterocycles. The predicted molar refractivity (Wildman–Crippen MR) is 134 cm³/mol. The Balaban J connectivity index is 1.27. The fraction of sp³-hybridized carbons (Fsp3) is 0.160. The van der Waals surface area contributed by atoms with E-state index in [0.29, 0.717) is 24.8 Å². The fourth-order valence-electron chi connectivity index (χ4n) is 3.55. The summed E-state index contributed by atoms with van der Waals surface area (Å²) < 4.78 is 10.9. The van der Waals surface area contributed by atoms with Crippen molar-refractivity contribution < 1.29 is 4.42 Å². The fourth-order valence-corrected chi connectivity index (χ4v) is 4.26. The zero-order valence-electron chi connectivity index (χ0n) is 18.0. The topological polar surface area (TPSA) is 79.2 Å². The average molecular weight is 457 g/mol. The van der Waals surface area contributed by atoms with Gasteiger partial charge >= 0.3 is 5.84 Å². The van der Waals surface area contributed by atoms with Gasteiger partial charge in [-0.2, -0.15) is 4.98 Å². The number of aromatic nitrogens is 2. The average Bonchev–Trinajstić information content (AvgIpc) is 3.37. The van der Waals surface area contributed by atoms with Gasteiger partial charge in [-0.15, -0.1) is 0 Å². The van der Waals surface area contributed by atoms with Crippen LogP contribution in [0.4, 0.5) is 0 Å². The molecule has 0 aliphatic carbocycles. The lowest BCUT2D eigenvalue weighted by molar-refractivity contribution is 0.596. The van der Waals surface area contributed by atoms with Crippen LogP contribution in [0.5, 0.6) is 0 Å². The number of hydrogen-bond donors (Lipinski definition) is 2. The van der Waals surface area contributed by atoms with Crippen molar-refractivity contribution in [2.24, 2.45) is 9.98 Å². The van der Waals surface area contributed by atoms with Gasteiger partial charge in [-0.25, -0.2) is 4.99 Å². The number of benzene rings is 2. The van der Waals surface area contributed by atoms with E-state index in [2.05, 4.69) is 50.4 Å². The molecule has 1 aliphatic rings. The Morgan fingerprint density at radius 1 is 1.09 bits per heavy atom. The summed E-state index contributed by atoms with van der Waals surface area (Å²) in [5.41, 5.74) is 3.73. The SMILES string of the molecule is C1=NC(=NCCCNSc2ccccc2)NC(c2c(-c3ccccc3)nc3occn23)=CC1. The lowest BCUT2D eigenvalue weighted by Gasteiger charge is -2.11. The Morgan fingerprint density at radius 3 is 2.76 bits per heavy atom. The van der Waals surface area contributed by atoms with Crippen LogP contribution < -0.4 is 10.0 Å². The number of fused-ring (bicyclic) bond motifs is 1. The van der Waals surface area contributed by atoms with E-state index in [-0.39, 0.29) is 0 Å². The molecule has 3 heterocycles. The molecule has 0 spiro atoms. The van der Waals surface area contributed by atoms with E-state index < -0.39 is 0 Å². The van der Waals surface area contributed by atoms with Gasteiger partial charge in [-0.3, -0.25) is 14.1 Å². The molecule has 0 unspecified atom stereocenters. The highest BCUT2D eigenvalue weighted by Gasteiger charge is 2.20. The number of nitrogens with one attached hydrogen (secondary N) is 2. The second-order valence-corrected chi connectivity index (χ2v) is 8.35. The molecular weight excluding hydrogens is 432 g/mol. The predicted octanol–water partition coefficient (Wildman–Crippen LogP) is 5.04. The zero-order chi connectivity index (χ0) is 22.3. The maximum absolute atomic E-state index is 5.57.